The van der Waals surface area contributed by atoms with Crippen LogP contribution in [0.5, 0.6) is 0 Å². The number of carbonyl (C=O) groups is 2. The van der Waals surface area contributed by atoms with Gasteiger partial charge in [-0.3, -0.25) is 14.2 Å². The zero-order valence-corrected chi connectivity index (χ0v) is 56.0. The number of likely N-dealkylation sites (N-methyl/N-ethyl adjacent to an activating group) is 1. The molecule has 482 valence electrons. The highest BCUT2D eigenvalue weighted by Gasteiger charge is 2.27. The molecular weight excluding hydrogens is 1050 g/mol. The highest BCUT2D eigenvalue weighted by molar-refractivity contribution is 7.45. The smallest absolute Gasteiger partial charge is 0.306 e. The van der Waals surface area contributed by atoms with E-state index in [4.69, 9.17) is 13.8 Å². The minimum Gasteiger partial charge on any atom is -0.756 e. The molecule has 1 amide bonds. The van der Waals surface area contributed by atoms with E-state index in [0.717, 1.165) is 96.3 Å². The van der Waals surface area contributed by atoms with Gasteiger partial charge >= 0.3 is 5.97 Å². The summed E-state index contributed by atoms with van der Waals surface area (Å²) in [5.74, 6) is -0.546. The quantitative estimate of drug-likeness (QED) is 0.0212. The van der Waals surface area contributed by atoms with E-state index < -0.39 is 26.6 Å². The van der Waals surface area contributed by atoms with Gasteiger partial charge in [0.2, 0.25) is 5.91 Å². The van der Waals surface area contributed by atoms with Crippen LogP contribution in [-0.2, 0) is 27.9 Å². The molecular formula is C73H133N2O7P. The van der Waals surface area contributed by atoms with Gasteiger partial charge in [0.1, 0.15) is 19.3 Å². The lowest BCUT2D eigenvalue weighted by atomic mass is 10.0. The first-order valence-corrected chi connectivity index (χ1v) is 36.4. The Kier molecular flexibility index (Phi) is 60.1. The van der Waals surface area contributed by atoms with Gasteiger partial charge in [-0.2, -0.15) is 0 Å². The number of phosphoric acid groups is 1. The zero-order chi connectivity index (χ0) is 60.7. The number of amides is 1. The molecule has 0 aromatic rings. The molecule has 0 aliphatic rings. The number of hydrogen-bond acceptors (Lipinski definition) is 7. The van der Waals surface area contributed by atoms with Crippen molar-refractivity contribution in [2.75, 3.05) is 40.9 Å². The third kappa shape index (κ3) is 63.5. The molecule has 9 nitrogen and oxygen atoms in total. The van der Waals surface area contributed by atoms with Crippen LogP contribution in [0.2, 0.25) is 0 Å². The van der Waals surface area contributed by atoms with Crippen molar-refractivity contribution in [3.63, 3.8) is 0 Å². The summed E-state index contributed by atoms with van der Waals surface area (Å²) >= 11 is 0. The van der Waals surface area contributed by atoms with Crippen molar-refractivity contribution in [3.8, 4) is 0 Å². The third-order valence-electron chi connectivity index (χ3n) is 15.3. The average molecular weight is 1180 g/mol. The fraction of sp³-hybridized carbons (Fsp3) is 0.781. The Morgan fingerprint density at radius 3 is 1.12 bits per heavy atom. The first-order valence-electron chi connectivity index (χ1n) is 34.9. The van der Waals surface area contributed by atoms with Gasteiger partial charge in [0.25, 0.3) is 7.82 Å². The Bertz CT molecular complexity index is 1700. The van der Waals surface area contributed by atoms with Gasteiger partial charge in [0.05, 0.1) is 33.8 Å². The number of esters is 1. The van der Waals surface area contributed by atoms with E-state index in [9.17, 15) is 19.0 Å². The number of rotatable bonds is 63. The maximum atomic E-state index is 13.6. The van der Waals surface area contributed by atoms with Gasteiger partial charge in [-0.05, 0) is 109 Å². The maximum Gasteiger partial charge on any atom is 0.306 e. The van der Waals surface area contributed by atoms with Crippen LogP contribution in [0.4, 0.5) is 0 Å². The molecule has 83 heavy (non-hydrogen) atoms. The molecule has 0 aromatic carbocycles. The minimum atomic E-state index is -4.71. The van der Waals surface area contributed by atoms with Gasteiger partial charge in [-0.1, -0.05) is 280 Å². The highest BCUT2D eigenvalue weighted by atomic mass is 31.2. The molecule has 3 unspecified atom stereocenters. The number of unbranched alkanes of at least 4 members (excludes halogenated alkanes) is 35. The van der Waals surface area contributed by atoms with E-state index in [2.05, 4.69) is 99.0 Å². The molecule has 10 heteroatoms. The summed E-state index contributed by atoms with van der Waals surface area (Å²) in [7, 11) is 1.18. The molecule has 1 N–H and O–H groups in total. The van der Waals surface area contributed by atoms with Crippen LogP contribution in [0, 0.1) is 0 Å². The summed E-state index contributed by atoms with van der Waals surface area (Å²) < 4.78 is 30.4. The van der Waals surface area contributed by atoms with Crippen LogP contribution in [0.25, 0.3) is 0 Å². The van der Waals surface area contributed by atoms with Crippen molar-refractivity contribution >= 4 is 19.7 Å². The maximum absolute atomic E-state index is 13.6. The van der Waals surface area contributed by atoms with Crippen LogP contribution in [0.1, 0.15) is 316 Å². The van der Waals surface area contributed by atoms with E-state index in [1.807, 2.05) is 33.3 Å². The predicted octanol–water partition coefficient (Wildman–Crippen LogP) is 21.5. The first-order chi connectivity index (χ1) is 40.4. The topological polar surface area (TPSA) is 114 Å². The predicted molar refractivity (Wildman–Crippen MR) is 358 cm³/mol. The molecule has 0 saturated carbocycles. The Morgan fingerprint density at radius 1 is 0.422 bits per heavy atom. The Hall–Kier alpha value is -2.81. The number of hydrogen-bond donors (Lipinski definition) is 1. The Balaban J connectivity index is 5.07. The number of carbonyl (C=O) groups excluding carboxylic acids is 2. The fourth-order valence-corrected chi connectivity index (χ4v) is 10.6. The zero-order valence-electron chi connectivity index (χ0n) is 55.1. The second kappa shape index (κ2) is 62.2. The molecule has 0 aromatic heterocycles. The summed E-state index contributed by atoms with van der Waals surface area (Å²) in [5.41, 5.74) is 0. The van der Waals surface area contributed by atoms with E-state index in [0.29, 0.717) is 17.4 Å². The van der Waals surface area contributed by atoms with Gasteiger partial charge < -0.3 is 28.5 Å². The number of nitrogens with one attached hydrogen (secondary N) is 1. The van der Waals surface area contributed by atoms with E-state index >= 15 is 0 Å². The molecule has 0 saturated heterocycles. The lowest BCUT2D eigenvalue weighted by Crippen LogP contribution is -2.47. The first kappa shape index (κ1) is 80.2. The van der Waals surface area contributed by atoms with Crippen molar-refractivity contribution < 1.29 is 37.3 Å². The number of allylic oxidation sites excluding steroid dienone is 13. The van der Waals surface area contributed by atoms with Crippen molar-refractivity contribution in [2.24, 2.45) is 0 Å². The second-order valence-corrected chi connectivity index (χ2v) is 26.1. The van der Waals surface area contributed by atoms with Gasteiger partial charge in [0, 0.05) is 12.8 Å². The molecule has 0 fully saturated rings. The number of quaternary nitrogens is 1. The van der Waals surface area contributed by atoms with Gasteiger partial charge in [0.15, 0.2) is 0 Å². The summed E-state index contributed by atoms with van der Waals surface area (Å²) in [5, 5.41) is 3.04. The largest absolute Gasteiger partial charge is 0.756 e. The fourth-order valence-electron chi connectivity index (χ4n) is 9.89. The Morgan fingerprint density at radius 2 is 0.735 bits per heavy atom. The van der Waals surface area contributed by atoms with Crippen LogP contribution >= 0.6 is 7.82 Å². The van der Waals surface area contributed by atoms with Gasteiger partial charge in [-0.15, -0.1) is 0 Å². The Labute approximate surface area is 514 Å². The summed E-state index contributed by atoms with van der Waals surface area (Å²) in [6.45, 7) is 6.80. The molecule has 0 aliphatic carbocycles. The number of ether oxygens (including phenoxy) is 1. The highest BCUT2D eigenvalue weighted by Crippen LogP contribution is 2.38. The molecule has 0 spiro atoms. The lowest BCUT2D eigenvalue weighted by molar-refractivity contribution is -0.870. The minimum absolute atomic E-state index is 0.0264. The van der Waals surface area contributed by atoms with E-state index in [-0.39, 0.29) is 24.9 Å². The monoisotopic (exact) mass is 1180 g/mol. The van der Waals surface area contributed by atoms with E-state index in [1.165, 1.54) is 186 Å². The number of nitrogens with zero attached hydrogens (tertiary/aromatic N) is 1. The number of phosphoric ester groups is 1. The molecule has 0 radical (unpaired) electrons. The summed E-state index contributed by atoms with van der Waals surface area (Å²) in [6.07, 6.45) is 82.7. The average Bonchev–Trinajstić information content (AvgIpc) is 3.51. The van der Waals surface area contributed by atoms with Crippen molar-refractivity contribution in [1.82, 2.24) is 5.32 Å². The molecule has 0 aliphatic heterocycles. The molecule has 3 atom stereocenters. The second-order valence-electron chi connectivity index (χ2n) is 24.7. The lowest BCUT2D eigenvalue weighted by Gasteiger charge is -2.30. The standard InChI is InChI=1S/C73H133N2O7P/c1-7-10-13-16-19-22-25-27-29-31-33-35-36-37-38-40-41-43-45-47-50-53-56-59-62-65-72(76)74-70(69-81-83(78,79)80-68-67-75(4,5)6)71(64-61-58-55-52-49-24-21-18-15-12-9-3)82-73(77)66-63-60-57-54-51-48-46-44-42-39-34-32-30-28-26-23-20-17-14-11-8-2/h19-20,22-23,27-30,33,35,37-38,61,64,70-71H,7-18,21,24-26,31-32,34,36,39-60,62-63,65-69H2,1-6H3,(H-,74,76,78,79)/b22-19-,23-20-,29-27-,30-28-,35-33-,38-37-,64-61-. The summed E-state index contributed by atoms with van der Waals surface area (Å²) in [6, 6.07) is -0.897. The van der Waals surface area contributed by atoms with Crippen LogP contribution < -0.4 is 10.2 Å². The molecule has 0 heterocycles. The molecule has 0 bridgehead atoms. The molecule has 0 rings (SSSR count). The van der Waals surface area contributed by atoms with Gasteiger partial charge in [-0.25, -0.2) is 0 Å². The van der Waals surface area contributed by atoms with Crippen molar-refractivity contribution in [2.45, 2.75) is 328 Å². The SMILES string of the molecule is CCCCC/C=C\C/C=C\C/C=C\C/C=C\CCCCCCCCCCCC(=O)NC(COP(=O)([O-])OCC[N+](C)(C)C)C(/C=C\CCCCCCCCCCC)OC(=O)CCCCCCCCCCCCC/C=C\C/C=C\CCCCC. The van der Waals surface area contributed by atoms with Crippen molar-refractivity contribution in [1.29, 1.82) is 0 Å². The van der Waals surface area contributed by atoms with Crippen LogP contribution in [0.3, 0.4) is 0 Å². The third-order valence-corrected chi connectivity index (χ3v) is 16.3. The van der Waals surface area contributed by atoms with Crippen molar-refractivity contribution in [3.05, 3.63) is 85.1 Å². The van der Waals surface area contributed by atoms with E-state index in [1.54, 1.807) is 0 Å². The van der Waals surface area contributed by atoms with Crippen LogP contribution in [0.15, 0.2) is 85.1 Å². The van der Waals surface area contributed by atoms with Crippen LogP contribution in [-0.4, -0.2) is 69.4 Å². The normalized spacial score (nSPS) is 14.1. The summed E-state index contributed by atoms with van der Waals surface area (Å²) in [4.78, 5) is 40.1.